The van der Waals surface area contributed by atoms with E-state index in [2.05, 4.69) is 28.4 Å². The van der Waals surface area contributed by atoms with Gasteiger partial charge >= 0.3 is 0 Å². The van der Waals surface area contributed by atoms with Crippen LogP contribution in [0.4, 0.5) is 0 Å². The first-order valence-corrected chi connectivity index (χ1v) is 10.5. The average Bonchev–Trinajstić information content (AvgIpc) is 3.29. The first-order valence-electron chi connectivity index (χ1n) is 10.5. The molecule has 34 heavy (non-hydrogen) atoms. The molecule has 0 spiro atoms. The molecule has 8 nitrogen and oxygen atoms in total. The Hall–Kier alpha value is -4.64. The second-order valence-electron chi connectivity index (χ2n) is 7.76. The van der Waals surface area contributed by atoms with Gasteiger partial charge in [-0.1, -0.05) is 36.4 Å². The van der Waals surface area contributed by atoms with Gasteiger partial charge in [0, 0.05) is 5.56 Å². The predicted octanol–water partition coefficient (Wildman–Crippen LogP) is 4.47. The molecule has 0 saturated heterocycles. The molecule has 3 N–H and O–H groups in total. The molecule has 1 aliphatic heterocycles. The number of allylic oxidation sites excluding steroid dienone is 1. The minimum Gasteiger partial charge on any atom is -0.493 e. The number of nitrogens with zero attached hydrogens (tertiary/aromatic N) is 2. The van der Waals surface area contributed by atoms with Crippen LogP contribution in [0.3, 0.4) is 0 Å². The Bertz CT molecular complexity index is 1460. The van der Waals surface area contributed by atoms with Crippen molar-refractivity contribution >= 4 is 10.8 Å². The lowest BCUT2D eigenvalue weighted by molar-refractivity contribution is 0.323. The molecular formula is C26H22N4O4. The zero-order valence-corrected chi connectivity index (χ0v) is 18.9. The number of aromatic amines is 1. The highest BCUT2D eigenvalue weighted by Gasteiger charge is 2.36. The molecule has 0 radical (unpaired) electrons. The van der Waals surface area contributed by atoms with Crippen molar-refractivity contribution in [2.45, 2.75) is 5.92 Å². The summed E-state index contributed by atoms with van der Waals surface area (Å²) < 4.78 is 22.3. The number of methoxy groups -OCH3 is 3. The standard InChI is InChI=1S/C26H22N4O4/c1-31-19-11-17(12-20(32-2)24(19)33-3)21-18(13-27)25(28)34-26-22(21)23(29-30-26)16-9-8-14-6-4-5-7-15(14)10-16/h4-12,21H,28H2,1-3H3,(H,29,30). The van der Waals surface area contributed by atoms with E-state index in [4.69, 9.17) is 24.7 Å². The highest BCUT2D eigenvalue weighted by molar-refractivity contribution is 5.87. The zero-order valence-electron chi connectivity index (χ0n) is 18.9. The molecule has 0 saturated carbocycles. The fraction of sp³-hybridized carbons (Fsp3) is 0.154. The lowest BCUT2D eigenvalue weighted by Gasteiger charge is -2.25. The van der Waals surface area contributed by atoms with Crippen molar-refractivity contribution in [2.75, 3.05) is 21.3 Å². The fourth-order valence-electron chi connectivity index (χ4n) is 4.41. The normalized spacial score (nSPS) is 14.8. The van der Waals surface area contributed by atoms with E-state index in [9.17, 15) is 5.26 Å². The van der Waals surface area contributed by atoms with Gasteiger partial charge in [0.25, 0.3) is 0 Å². The second kappa shape index (κ2) is 8.37. The monoisotopic (exact) mass is 454 g/mol. The van der Waals surface area contributed by atoms with E-state index in [1.807, 2.05) is 42.5 Å². The molecule has 2 heterocycles. The van der Waals surface area contributed by atoms with E-state index in [1.54, 1.807) is 21.3 Å². The second-order valence-corrected chi connectivity index (χ2v) is 7.76. The van der Waals surface area contributed by atoms with E-state index < -0.39 is 5.92 Å². The van der Waals surface area contributed by atoms with Crippen LogP contribution in [0.5, 0.6) is 23.1 Å². The third kappa shape index (κ3) is 3.26. The minimum absolute atomic E-state index is 0.00492. The van der Waals surface area contributed by atoms with Crippen LogP contribution in [0.1, 0.15) is 17.0 Å². The van der Waals surface area contributed by atoms with Crippen LogP contribution in [-0.4, -0.2) is 31.5 Å². The fourth-order valence-corrected chi connectivity index (χ4v) is 4.41. The maximum atomic E-state index is 10.0. The molecule has 1 aliphatic rings. The Labute approximate surface area is 196 Å². The number of hydrogen-bond acceptors (Lipinski definition) is 7. The number of nitrogens with one attached hydrogen (secondary N) is 1. The van der Waals surface area contributed by atoms with Crippen molar-refractivity contribution in [3.05, 3.63) is 77.2 Å². The molecular weight excluding hydrogens is 432 g/mol. The summed E-state index contributed by atoms with van der Waals surface area (Å²) in [5, 5.41) is 19.7. The van der Waals surface area contributed by atoms with Crippen LogP contribution in [0.15, 0.2) is 66.1 Å². The summed E-state index contributed by atoms with van der Waals surface area (Å²) in [5.41, 5.74) is 9.49. The van der Waals surface area contributed by atoms with Crippen LogP contribution in [0, 0.1) is 11.3 Å². The molecule has 3 aromatic carbocycles. The van der Waals surface area contributed by atoms with Gasteiger partial charge in [-0.15, -0.1) is 5.10 Å². The molecule has 0 bridgehead atoms. The van der Waals surface area contributed by atoms with Gasteiger partial charge in [0.1, 0.15) is 11.6 Å². The maximum Gasteiger partial charge on any atom is 0.244 e. The molecule has 4 aromatic rings. The third-order valence-corrected chi connectivity index (χ3v) is 6.00. The number of nitrogens with two attached hydrogens (primary N) is 1. The molecule has 0 amide bonds. The first-order chi connectivity index (χ1) is 16.6. The molecule has 5 rings (SSSR count). The SMILES string of the molecule is COc1cc(C2C(C#N)=C(N)Oc3n[nH]c(-c4ccc5ccccc5c4)c32)cc(OC)c1OC. The van der Waals surface area contributed by atoms with Crippen LogP contribution < -0.4 is 24.7 Å². The van der Waals surface area contributed by atoms with Crippen molar-refractivity contribution in [1.82, 2.24) is 10.2 Å². The third-order valence-electron chi connectivity index (χ3n) is 6.00. The van der Waals surface area contributed by atoms with E-state index >= 15 is 0 Å². The maximum absolute atomic E-state index is 10.0. The zero-order chi connectivity index (χ0) is 23.8. The van der Waals surface area contributed by atoms with Crippen LogP contribution >= 0.6 is 0 Å². The first kappa shape index (κ1) is 21.2. The highest BCUT2D eigenvalue weighted by Crippen LogP contribution is 2.49. The Morgan fingerprint density at radius 1 is 0.971 bits per heavy atom. The van der Waals surface area contributed by atoms with Crippen molar-refractivity contribution in [1.29, 1.82) is 5.26 Å². The van der Waals surface area contributed by atoms with Gasteiger partial charge in [-0.2, -0.15) is 5.26 Å². The highest BCUT2D eigenvalue weighted by atomic mass is 16.5. The molecule has 1 unspecified atom stereocenters. The van der Waals surface area contributed by atoms with Gasteiger partial charge in [-0.05, 0) is 34.5 Å². The lowest BCUT2D eigenvalue weighted by atomic mass is 9.82. The van der Waals surface area contributed by atoms with E-state index in [1.165, 1.54) is 0 Å². The Morgan fingerprint density at radius 3 is 2.32 bits per heavy atom. The van der Waals surface area contributed by atoms with Gasteiger partial charge in [0.15, 0.2) is 11.5 Å². The van der Waals surface area contributed by atoms with Gasteiger partial charge in [-0.3, -0.25) is 5.10 Å². The molecule has 170 valence electrons. The van der Waals surface area contributed by atoms with Gasteiger partial charge in [0.05, 0.1) is 38.5 Å². The summed E-state index contributed by atoms with van der Waals surface area (Å²) >= 11 is 0. The summed E-state index contributed by atoms with van der Waals surface area (Å²) in [5.74, 6) is 1.15. The summed E-state index contributed by atoms with van der Waals surface area (Å²) in [6.45, 7) is 0. The summed E-state index contributed by atoms with van der Waals surface area (Å²) in [6.07, 6.45) is 0. The number of H-pyrrole nitrogens is 1. The smallest absolute Gasteiger partial charge is 0.244 e. The number of benzene rings is 3. The van der Waals surface area contributed by atoms with Crippen molar-refractivity contribution in [3.8, 4) is 40.5 Å². The molecule has 1 atom stereocenters. The van der Waals surface area contributed by atoms with Gasteiger partial charge in [0.2, 0.25) is 17.5 Å². The topological polar surface area (TPSA) is 115 Å². The van der Waals surface area contributed by atoms with E-state index in [-0.39, 0.29) is 11.5 Å². The Kier molecular flexibility index (Phi) is 5.22. The number of hydrogen-bond donors (Lipinski definition) is 2. The van der Waals surface area contributed by atoms with Crippen LogP contribution in [0.2, 0.25) is 0 Å². The van der Waals surface area contributed by atoms with Crippen molar-refractivity contribution in [2.24, 2.45) is 5.73 Å². The number of rotatable bonds is 5. The Morgan fingerprint density at radius 2 is 1.68 bits per heavy atom. The molecule has 0 fully saturated rings. The van der Waals surface area contributed by atoms with Gasteiger partial charge in [-0.25, -0.2) is 0 Å². The van der Waals surface area contributed by atoms with Crippen LogP contribution in [-0.2, 0) is 0 Å². The quantitative estimate of drug-likeness (QED) is 0.457. The number of nitriles is 1. The molecule has 8 heteroatoms. The number of aromatic nitrogens is 2. The average molecular weight is 454 g/mol. The van der Waals surface area contributed by atoms with Crippen molar-refractivity contribution in [3.63, 3.8) is 0 Å². The van der Waals surface area contributed by atoms with Crippen LogP contribution in [0.25, 0.3) is 22.0 Å². The molecule has 0 aliphatic carbocycles. The predicted molar refractivity (Wildman–Crippen MR) is 127 cm³/mol. The largest absolute Gasteiger partial charge is 0.493 e. The lowest BCUT2D eigenvalue weighted by Crippen LogP contribution is -2.21. The van der Waals surface area contributed by atoms with E-state index in [0.717, 1.165) is 27.6 Å². The summed E-state index contributed by atoms with van der Waals surface area (Å²) in [7, 11) is 4.63. The number of fused-ring (bicyclic) bond motifs is 2. The van der Waals surface area contributed by atoms with Gasteiger partial charge < -0.3 is 24.7 Å². The summed E-state index contributed by atoms with van der Waals surface area (Å²) in [6, 6.07) is 20.1. The molecule has 1 aromatic heterocycles. The minimum atomic E-state index is -0.567. The summed E-state index contributed by atoms with van der Waals surface area (Å²) in [4.78, 5) is 0. The number of ether oxygens (including phenoxy) is 4. The Balaban J connectivity index is 1.75. The van der Waals surface area contributed by atoms with E-state index in [0.29, 0.717) is 28.7 Å². The van der Waals surface area contributed by atoms with Crippen molar-refractivity contribution < 1.29 is 18.9 Å².